The Labute approximate surface area is 96.5 Å². The van der Waals surface area contributed by atoms with Crippen molar-refractivity contribution in [1.82, 2.24) is 0 Å². The Bertz CT molecular complexity index is 72.1. The van der Waals surface area contributed by atoms with E-state index in [0.29, 0.717) is 0 Å². The summed E-state index contributed by atoms with van der Waals surface area (Å²) < 4.78 is 0. The quantitative estimate of drug-likeness (QED) is 0.340. The first-order chi connectivity index (χ1) is 4.41. The molecule has 0 heterocycles. The van der Waals surface area contributed by atoms with E-state index >= 15 is 0 Å². The van der Waals surface area contributed by atoms with E-state index in [-0.39, 0.29) is 40.6 Å². The number of rotatable bonds is 6. The van der Waals surface area contributed by atoms with Crippen molar-refractivity contribution in [3.05, 3.63) is 0 Å². The summed E-state index contributed by atoms with van der Waals surface area (Å²) in [5.74, 6) is 0. The molecule has 0 saturated heterocycles. The minimum Gasteiger partial charge on any atom is -1.00 e. The van der Waals surface area contributed by atoms with E-state index in [1.807, 2.05) is 0 Å². The zero-order chi connectivity index (χ0) is 6.95. The number of hydrogen-bond acceptors (Lipinski definition) is 1. The second-order valence-electron chi connectivity index (χ2n) is 2.37. The van der Waals surface area contributed by atoms with Gasteiger partial charge < -0.3 is 7.65 Å². The van der Waals surface area contributed by atoms with Gasteiger partial charge in [-0.2, -0.15) is 0 Å². The third-order valence-corrected chi connectivity index (χ3v) is 1.43. The van der Waals surface area contributed by atoms with Gasteiger partial charge in [0.15, 0.2) is 0 Å². The Kier molecular flexibility index (Phi) is 17.0. The summed E-state index contributed by atoms with van der Waals surface area (Å²) in [7, 11) is 0. The van der Waals surface area contributed by atoms with Crippen LogP contribution in [-0.4, -0.2) is 44.0 Å². The van der Waals surface area contributed by atoms with E-state index in [4.69, 9.17) is 0 Å². The van der Waals surface area contributed by atoms with Crippen molar-refractivity contribution in [2.75, 3.05) is 0 Å². The molecule has 58 valence electrons. The molecule has 0 fully saturated rings. The second-order valence-corrected chi connectivity index (χ2v) is 2.37. The predicted octanol–water partition coefficient (Wildman–Crippen LogP) is 2.39. The molecule has 0 saturated carbocycles. The summed E-state index contributed by atoms with van der Waals surface area (Å²) in [5.41, 5.74) is 0. The standard InChI is InChI=1S/C8H16O.Ca.2H/c1-2-3-4-5-6-7-8-9;;;/h8H,2-7H2,1H3;;;/q;+2;2*-1. The monoisotopic (exact) mass is 170 g/mol. The van der Waals surface area contributed by atoms with E-state index < -0.39 is 0 Å². The minimum absolute atomic E-state index is 0. The molecule has 0 aromatic rings. The number of carbonyl (C=O) groups is 1. The Morgan fingerprint density at radius 3 is 2.30 bits per heavy atom. The fourth-order valence-corrected chi connectivity index (χ4v) is 0.831. The molecule has 0 spiro atoms. The fourth-order valence-electron chi connectivity index (χ4n) is 0.831. The number of unbranched alkanes of at least 4 members (excludes halogenated alkanes) is 5. The van der Waals surface area contributed by atoms with Crippen LogP contribution >= 0.6 is 0 Å². The molecule has 2 heteroatoms. The van der Waals surface area contributed by atoms with Crippen molar-refractivity contribution >= 4 is 44.0 Å². The molecule has 0 amide bonds. The van der Waals surface area contributed by atoms with Crippen LogP contribution in [0.2, 0.25) is 0 Å². The van der Waals surface area contributed by atoms with E-state index in [1.165, 1.54) is 25.7 Å². The molecule has 0 atom stereocenters. The Hall–Kier alpha value is 0.930. The summed E-state index contributed by atoms with van der Waals surface area (Å²) in [6.07, 6.45) is 7.97. The Morgan fingerprint density at radius 2 is 1.80 bits per heavy atom. The first-order valence-corrected chi connectivity index (χ1v) is 3.85. The molecule has 0 radical (unpaired) electrons. The van der Waals surface area contributed by atoms with Crippen molar-refractivity contribution in [2.24, 2.45) is 0 Å². The third-order valence-electron chi connectivity index (χ3n) is 1.43. The zero-order valence-electron chi connectivity index (χ0n) is 8.94. The van der Waals surface area contributed by atoms with Gasteiger partial charge in [0, 0.05) is 6.42 Å². The maximum absolute atomic E-state index is 9.84. The number of hydrogen-bond donors (Lipinski definition) is 0. The fraction of sp³-hybridized carbons (Fsp3) is 0.875. The normalized spacial score (nSPS) is 8.50. The summed E-state index contributed by atoms with van der Waals surface area (Å²) in [6.45, 7) is 2.19. The molecular formula is C8H18CaO. The average Bonchev–Trinajstić information content (AvgIpc) is 1.89. The molecule has 0 N–H and O–H groups in total. The third kappa shape index (κ3) is 11.7. The molecule has 0 aliphatic heterocycles. The van der Waals surface area contributed by atoms with Crippen LogP contribution < -0.4 is 0 Å². The van der Waals surface area contributed by atoms with Crippen LogP contribution in [0.5, 0.6) is 0 Å². The predicted molar refractivity (Wildman–Crippen MR) is 47.4 cm³/mol. The van der Waals surface area contributed by atoms with Crippen molar-refractivity contribution in [3.63, 3.8) is 0 Å². The molecule has 0 aromatic carbocycles. The van der Waals surface area contributed by atoms with Crippen molar-refractivity contribution in [3.8, 4) is 0 Å². The largest absolute Gasteiger partial charge is 2.00 e. The van der Waals surface area contributed by atoms with Crippen LogP contribution in [0.15, 0.2) is 0 Å². The van der Waals surface area contributed by atoms with Gasteiger partial charge in [-0.05, 0) is 6.42 Å². The SMILES string of the molecule is CCCCCCCC=O.[Ca+2].[H-].[H-]. The van der Waals surface area contributed by atoms with Crippen molar-refractivity contribution in [2.45, 2.75) is 45.4 Å². The summed E-state index contributed by atoms with van der Waals surface area (Å²) in [6, 6.07) is 0. The van der Waals surface area contributed by atoms with Gasteiger partial charge in [-0.25, -0.2) is 0 Å². The van der Waals surface area contributed by atoms with Crippen LogP contribution in [0.1, 0.15) is 48.3 Å². The van der Waals surface area contributed by atoms with Crippen LogP contribution in [-0.2, 0) is 4.79 Å². The van der Waals surface area contributed by atoms with Gasteiger partial charge in [-0.15, -0.1) is 0 Å². The maximum atomic E-state index is 9.84. The Balaban J connectivity index is -0.000000107. The van der Waals surface area contributed by atoms with Gasteiger partial charge in [0.2, 0.25) is 0 Å². The molecule has 1 nitrogen and oxygen atoms in total. The van der Waals surface area contributed by atoms with E-state index in [9.17, 15) is 4.79 Å². The molecule has 0 bridgehead atoms. The van der Waals surface area contributed by atoms with Gasteiger partial charge in [-0.3, -0.25) is 0 Å². The molecule has 0 rings (SSSR count). The van der Waals surface area contributed by atoms with Gasteiger partial charge in [-0.1, -0.05) is 32.6 Å². The smallest absolute Gasteiger partial charge is 1.00 e. The van der Waals surface area contributed by atoms with Crippen molar-refractivity contribution < 1.29 is 7.65 Å². The average molecular weight is 170 g/mol. The van der Waals surface area contributed by atoms with Crippen LogP contribution in [0.25, 0.3) is 0 Å². The van der Waals surface area contributed by atoms with Crippen LogP contribution in [0.3, 0.4) is 0 Å². The van der Waals surface area contributed by atoms with E-state index in [1.54, 1.807) is 0 Å². The second kappa shape index (κ2) is 12.6. The Morgan fingerprint density at radius 1 is 1.20 bits per heavy atom. The summed E-state index contributed by atoms with van der Waals surface area (Å²) in [5, 5.41) is 0. The van der Waals surface area contributed by atoms with E-state index in [0.717, 1.165) is 19.1 Å². The van der Waals surface area contributed by atoms with E-state index in [2.05, 4.69) is 6.92 Å². The topological polar surface area (TPSA) is 17.1 Å². The van der Waals surface area contributed by atoms with Crippen LogP contribution in [0.4, 0.5) is 0 Å². The molecule has 0 aliphatic carbocycles. The molecule has 0 aliphatic rings. The zero-order valence-corrected chi connectivity index (χ0v) is 9.14. The first-order valence-electron chi connectivity index (χ1n) is 3.85. The van der Waals surface area contributed by atoms with Gasteiger partial charge >= 0.3 is 37.7 Å². The first kappa shape index (κ1) is 13.5. The van der Waals surface area contributed by atoms with Crippen molar-refractivity contribution in [1.29, 1.82) is 0 Å². The summed E-state index contributed by atoms with van der Waals surface area (Å²) >= 11 is 0. The van der Waals surface area contributed by atoms with Crippen LogP contribution in [0, 0.1) is 0 Å². The maximum Gasteiger partial charge on any atom is 2.00 e. The summed E-state index contributed by atoms with van der Waals surface area (Å²) in [4.78, 5) is 9.84. The van der Waals surface area contributed by atoms with Gasteiger partial charge in [0.1, 0.15) is 6.29 Å². The number of carbonyl (C=O) groups excluding carboxylic acids is 1. The molecule has 0 aromatic heterocycles. The van der Waals surface area contributed by atoms with Gasteiger partial charge in [0.05, 0.1) is 0 Å². The number of aldehydes is 1. The van der Waals surface area contributed by atoms with Gasteiger partial charge in [0.25, 0.3) is 0 Å². The molecule has 10 heavy (non-hydrogen) atoms. The molecule has 0 unspecified atom stereocenters. The molecular weight excluding hydrogens is 152 g/mol. The minimum atomic E-state index is 0.